The molecule has 114 valence electrons. The van der Waals surface area contributed by atoms with Crippen molar-refractivity contribution in [1.82, 2.24) is 5.43 Å². The van der Waals surface area contributed by atoms with E-state index in [0.29, 0.717) is 6.42 Å². The number of carbonyl (C=O) groups is 1. The van der Waals surface area contributed by atoms with Crippen molar-refractivity contribution in [3.05, 3.63) is 0 Å². The molecule has 0 aromatic rings. The van der Waals surface area contributed by atoms with Gasteiger partial charge in [0.1, 0.15) is 5.66 Å². The van der Waals surface area contributed by atoms with Crippen molar-refractivity contribution in [2.24, 2.45) is 5.84 Å². The Kier molecular flexibility index (Phi) is 10.1. The molecule has 0 spiro atoms. The molecule has 7 heteroatoms. The normalized spacial score (nSPS) is 13.3. The van der Waals surface area contributed by atoms with E-state index in [4.69, 9.17) is 14.9 Å². The second-order valence-electron chi connectivity index (χ2n) is 4.25. The Balaban J connectivity index is 4.77. The van der Waals surface area contributed by atoms with Crippen LogP contribution >= 0.6 is 7.60 Å². The van der Waals surface area contributed by atoms with Crippen molar-refractivity contribution >= 4 is 13.5 Å². The number of amides is 1. The van der Waals surface area contributed by atoms with Crippen LogP contribution in [0.3, 0.4) is 0 Å². The minimum Gasteiger partial charge on any atom is -0.308 e. The highest BCUT2D eigenvalue weighted by Gasteiger charge is 2.40. The lowest BCUT2D eigenvalue weighted by Crippen LogP contribution is -2.39. The van der Waals surface area contributed by atoms with Crippen LogP contribution in [-0.4, -0.2) is 24.8 Å². The molecule has 0 fully saturated rings. The maximum atomic E-state index is 12.6. The number of hydrazine groups is 1. The predicted octanol–water partition coefficient (Wildman–Crippen LogP) is 2.58. The molecule has 0 unspecified atom stereocenters. The fraction of sp³-hybridized carbons (Fsp3) is 0.917. The van der Waals surface area contributed by atoms with E-state index in [1.54, 1.807) is 13.8 Å². The Morgan fingerprint density at radius 3 is 2.16 bits per heavy atom. The summed E-state index contributed by atoms with van der Waals surface area (Å²) in [6, 6.07) is 0. The molecule has 0 bridgehead atoms. The lowest BCUT2D eigenvalue weighted by Gasteiger charge is -2.24. The molecule has 1 atom stereocenters. The van der Waals surface area contributed by atoms with Gasteiger partial charge in [-0.15, -0.1) is 0 Å². The van der Waals surface area contributed by atoms with Crippen LogP contribution in [0, 0.1) is 0 Å². The smallest absolute Gasteiger partial charge is 0.308 e. The van der Waals surface area contributed by atoms with Gasteiger partial charge in [0.2, 0.25) is 5.91 Å². The first-order chi connectivity index (χ1) is 9.05. The summed E-state index contributed by atoms with van der Waals surface area (Å²) >= 11 is 0. The Morgan fingerprint density at radius 2 is 1.74 bits per heavy atom. The first-order valence-corrected chi connectivity index (χ1v) is 8.56. The summed E-state index contributed by atoms with van der Waals surface area (Å²) in [5, 5.41) is 0. The van der Waals surface area contributed by atoms with Crippen LogP contribution in [0.1, 0.15) is 52.9 Å². The minimum absolute atomic E-state index is 0.237. The molecular formula is C12H27N2O4P. The van der Waals surface area contributed by atoms with Crippen molar-refractivity contribution < 1.29 is 18.4 Å². The third kappa shape index (κ3) is 6.52. The minimum atomic E-state index is -3.44. The number of carbonyl (C=O) groups excluding carboxylic acids is 1. The van der Waals surface area contributed by atoms with Gasteiger partial charge in [-0.1, -0.05) is 32.6 Å². The van der Waals surface area contributed by atoms with Gasteiger partial charge in [-0.25, -0.2) is 5.84 Å². The highest BCUT2D eigenvalue weighted by Crippen LogP contribution is 2.54. The van der Waals surface area contributed by atoms with Crippen LogP contribution in [-0.2, 0) is 18.4 Å². The molecule has 6 nitrogen and oxygen atoms in total. The molecule has 0 saturated carbocycles. The zero-order valence-electron chi connectivity index (χ0n) is 12.2. The van der Waals surface area contributed by atoms with Crippen LogP contribution in [0.4, 0.5) is 0 Å². The second-order valence-corrected chi connectivity index (χ2v) is 6.47. The fourth-order valence-corrected chi connectivity index (χ4v) is 3.89. The van der Waals surface area contributed by atoms with Gasteiger partial charge in [0.15, 0.2) is 0 Å². The molecule has 19 heavy (non-hydrogen) atoms. The van der Waals surface area contributed by atoms with E-state index in [2.05, 4.69) is 12.3 Å². The van der Waals surface area contributed by atoms with Gasteiger partial charge < -0.3 is 9.05 Å². The van der Waals surface area contributed by atoms with Crippen molar-refractivity contribution in [1.29, 1.82) is 0 Å². The third-order valence-corrected chi connectivity index (χ3v) is 5.27. The lowest BCUT2D eigenvalue weighted by molar-refractivity contribution is -0.121. The van der Waals surface area contributed by atoms with Crippen LogP contribution in [0.15, 0.2) is 0 Å². The van der Waals surface area contributed by atoms with E-state index in [9.17, 15) is 9.36 Å². The summed E-state index contributed by atoms with van der Waals surface area (Å²) < 4.78 is 23.1. The van der Waals surface area contributed by atoms with E-state index in [-0.39, 0.29) is 13.2 Å². The van der Waals surface area contributed by atoms with E-state index in [1.165, 1.54) is 0 Å². The van der Waals surface area contributed by atoms with E-state index >= 15 is 0 Å². The second kappa shape index (κ2) is 10.4. The molecule has 0 aromatic carbocycles. The molecule has 0 saturated heterocycles. The highest BCUT2D eigenvalue weighted by atomic mass is 31.2. The average Bonchev–Trinajstić information content (AvgIpc) is 2.38. The Morgan fingerprint density at radius 1 is 1.16 bits per heavy atom. The molecule has 0 heterocycles. The maximum Gasteiger partial charge on any atom is 0.343 e. The zero-order valence-corrected chi connectivity index (χ0v) is 13.1. The quantitative estimate of drug-likeness (QED) is 0.201. The number of hydrogen-bond acceptors (Lipinski definition) is 5. The van der Waals surface area contributed by atoms with Crippen molar-refractivity contribution in [2.75, 3.05) is 13.2 Å². The van der Waals surface area contributed by atoms with Crippen LogP contribution in [0.25, 0.3) is 0 Å². The summed E-state index contributed by atoms with van der Waals surface area (Å²) in [4.78, 5) is 11.8. The summed E-state index contributed by atoms with van der Waals surface area (Å²) in [5.74, 6) is 4.68. The van der Waals surface area contributed by atoms with Crippen LogP contribution < -0.4 is 11.3 Å². The number of nitrogens with two attached hydrogens (primary N) is 1. The summed E-state index contributed by atoms with van der Waals surface area (Å²) in [6.07, 6.45) is 4.44. The number of rotatable bonds is 11. The molecule has 3 N–H and O–H groups in total. The van der Waals surface area contributed by atoms with Gasteiger partial charge in [-0.05, 0) is 20.3 Å². The third-order valence-electron chi connectivity index (χ3n) is 2.78. The molecule has 0 rings (SSSR count). The first kappa shape index (κ1) is 18.6. The number of unbranched alkanes of at least 4 members (excludes halogenated alkanes) is 3. The molecular weight excluding hydrogens is 267 g/mol. The van der Waals surface area contributed by atoms with Crippen molar-refractivity contribution in [3.8, 4) is 0 Å². The summed E-state index contributed by atoms with van der Waals surface area (Å²) in [7, 11) is -3.44. The first-order valence-electron chi connectivity index (χ1n) is 6.94. The van der Waals surface area contributed by atoms with Gasteiger partial charge in [0.05, 0.1) is 13.2 Å². The van der Waals surface area contributed by atoms with Gasteiger partial charge in [0, 0.05) is 0 Å². The van der Waals surface area contributed by atoms with Crippen LogP contribution in [0.2, 0.25) is 0 Å². The summed E-state index contributed by atoms with van der Waals surface area (Å²) in [5.41, 5.74) is 1.23. The Labute approximate surface area is 115 Å². The van der Waals surface area contributed by atoms with Gasteiger partial charge in [0.25, 0.3) is 0 Å². The largest absolute Gasteiger partial charge is 0.343 e. The number of nitrogens with one attached hydrogen (secondary N) is 1. The van der Waals surface area contributed by atoms with Crippen LogP contribution in [0.5, 0.6) is 0 Å². The number of hydrogen-bond donors (Lipinski definition) is 2. The van der Waals surface area contributed by atoms with E-state index < -0.39 is 19.2 Å². The van der Waals surface area contributed by atoms with E-state index in [1.807, 2.05) is 0 Å². The highest BCUT2D eigenvalue weighted by molar-refractivity contribution is 7.55. The lowest BCUT2D eigenvalue weighted by atomic mass is 10.1. The fourth-order valence-electron chi connectivity index (χ4n) is 1.87. The zero-order chi connectivity index (χ0) is 14.7. The topological polar surface area (TPSA) is 90.7 Å². The molecule has 0 radical (unpaired) electrons. The SMILES string of the molecule is CCCCCC[C@H](C(=O)NN)P(=O)(OCC)OCC. The Bertz CT molecular complexity index is 289. The maximum absolute atomic E-state index is 12.6. The standard InChI is InChI=1S/C12H27N2O4P/c1-4-7-8-9-10-11(12(15)14-13)19(16,17-5-2)18-6-3/h11H,4-10,13H2,1-3H3,(H,14,15)/t11-/m1/s1. The molecule has 0 aliphatic carbocycles. The Hall–Kier alpha value is -0.420. The van der Waals surface area contributed by atoms with Crippen molar-refractivity contribution in [3.63, 3.8) is 0 Å². The summed E-state index contributed by atoms with van der Waals surface area (Å²) in [6.45, 7) is 6.02. The van der Waals surface area contributed by atoms with E-state index in [0.717, 1.165) is 25.7 Å². The molecule has 0 aliphatic heterocycles. The van der Waals surface area contributed by atoms with Gasteiger partial charge in [-0.3, -0.25) is 14.8 Å². The monoisotopic (exact) mass is 294 g/mol. The molecule has 1 amide bonds. The predicted molar refractivity (Wildman–Crippen MR) is 75.7 cm³/mol. The average molecular weight is 294 g/mol. The van der Waals surface area contributed by atoms with Crippen molar-refractivity contribution in [2.45, 2.75) is 58.5 Å². The van der Waals surface area contributed by atoms with Gasteiger partial charge in [-0.2, -0.15) is 0 Å². The molecule has 0 aromatic heterocycles. The molecule has 0 aliphatic rings. The van der Waals surface area contributed by atoms with Gasteiger partial charge >= 0.3 is 7.60 Å².